The van der Waals surface area contributed by atoms with Gasteiger partial charge in [-0.1, -0.05) is 30.7 Å². The SMILES string of the molecule is CC[C@@H](NC(=O)Cn1cnc2c(cnn2C)c1=O)c1ccc(Cl)cc1. The van der Waals surface area contributed by atoms with E-state index < -0.39 is 0 Å². The van der Waals surface area contributed by atoms with E-state index in [4.69, 9.17) is 11.6 Å². The van der Waals surface area contributed by atoms with E-state index in [9.17, 15) is 9.59 Å². The first-order valence-corrected chi connectivity index (χ1v) is 8.29. The molecule has 2 aromatic heterocycles. The van der Waals surface area contributed by atoms with E-state index >= 15 is 0 Å². The zero-order valence-electron chi connectivity index (χ0n) is 13.9. The summed E-state index contributed by atoms with van der Waals surface area (Å²) in [5.41, 5.74) is 1.18. The first-order chi connectivity index (χ1) is 12.0. The maximum atomic E-state index is 12.4. The van der Waals surface area contributed by atoms with Gasteiger partial charge in [-0.3, -0.25) is 18.8 Å². The second-order valence-electron chi connectivity index (χ2n) is 5.76. The Hall–Kier alpha value is -2.67. The van der Waals surface area contributed by atoms with Crippen LogP contribution in [0.25, 0.3) is 11.0 Å². The number of nitrogens with one attached hydrogen (secondary N) is 1. The molecule has 0 saturated heterocycles. The molecular weight excluding hydrogens is 342 g/mol. The Morgan fingerprint density at radius 1 is 1.32 bits per heavy atom. The van der Waals surface area contributed by atoms with Crippen molar-refractivity contribution in [2.45, 2.75) is 25.9 Å². The Morgan fingerprint density at radius 2 is 2.04 bits per heavy atom. The van der Waals surface area contributed by atoms with Crippen LogP contribution in [0, 0.1) is 0 Å². The quantitative estimate of drug-likeness (QED) is 0.756. The van der Waals surface area contributed by atoms with Crippen molar-refractivity contribution in [3.05, 3.63) is 57.7 Å². The normalized spacial score (nSPS) is 12.3. The second kappa shape index (κ2) is 7.06. The first kappa shape index (κ1) is 17.2. The number of aryl methyl sites for hydroxylation is 1. The smallest absolute Gasteiger partial charge is 0.264 e. The predicted octanol–water partition coefficient (Wildman–Crippen LogP) is 2.05. The lowest BCUT2D eigenvalue weighted by atomic mass is 10.0. The summed E-state index contributed by atoms with van der Waals surface area (Å²) in [6, 6.07) is 7.20. The summed E-state index contributed by atoms with van der Waals surface area (Å²) in [6.07, 6.45) is 3.55. The van der Waals surface area contributed by atoms with E-state index in [0.29, 0.717) is 16.1 Å². The van der Waals surface area contributed by atoms with Gasteiger partial charge in [-0.25, -0.2) is 4.98 Å². The lowest BCUT2D eigenvalue weighted by Gasteiger charge is -2.18. The number of nitrogens with zero attached hydrogens (tertiary/aromatic N) is 4. The Kier molecular flexibility index (Phi) is 4.85. The Labute approximate surface area is 149 Å². The van der Waals surface area contributed by atoms with Crippen LogP contribution >= 0.6 is 11.6 Å². The number of carbonyl (C=O) groups excluding carboxylic acids is 1. The largest absolute Gasteiger partial charge is 0.348 e. The summed E-state index contributed by atoms with van der Waals surface area (Å²) >= 11 is 5.90. The molecule has 1 aromatic carbocycles. The van der Waals surface area contributed by atoms with Gasteiger partial charge in [0.2, 0.25) is 5.91 Å². The van der Waals surface area contributed by atoms with Crippen LogP contribution in [0.5, 0.6) is 0 Å². The lowest BCUT2D eigenvalue weighted by Crippen LogP contribution is -2.34. The molecular formula is C17H18ClN5O2. The van der Waals surface area contributed by atoms with Gasteiger partial charge in [-0.15, -0.1) is 0 Å². The molecule has 0 aliphatic carbocycles. The minimum absolute atomic E-state index is 0.0965. The fourth-order valence-corrected chi connectivity index (χ4v) is 2.82. The average Bonchev–Trinajstić information content (AvgIpc) is 2.98. The van der Waals surface area contributed by atoms with Crippen LogP contribution < -0.4 is 10.9 Å². The van der Waals surface area contributed by atoms with Crippen LogP contribution in [-0.2, 0) is 18.4 Å². The molecule has 0 unspecified atom stereocenters. The molecule has 0 spiro atoms. The third-order valence-corrected chi connectivity index (χ3v) is 4.30. The van der Waals surface area contributed by atoms with Crippen molar-refractivity contribution in [2.75, 3.05) is 0 Å². The van der Waals surface area contributed by atoms with Crippen LogP contribution in [0.1, 0.15) is 24.9 Å². The van der Waals surface area contributed by atoms with Gasteiger partial charge in [0.05, 0.1) is 12.2 Å². The van der Waals surface area contributed by atoms with Crippen LogP contribution in [-0.4, -0.2) is 25.2 Å². The van der Waals surface area contributed by atoms with Crippen molar-refractivity contribution in [3.8, 4) is 0 Å². The highest BCUT2D eigenvalue weighted by Crippen LogP contribution is 2.19. The summed E-state index contributed by atoms with van der Waals surface area (Å²) in [6.45, 7) is 1.88. The number of rotatable bonds is 5. The van der Waals surface area contributed by atoms with Gasteiger partial charge < -0.3 is 5.32 Å². The highest BCUT2D eigenvalue weighted by Gasteiger charge is 2.15. The number of aromatic nitrogens is 4. The number of amides is 1. The predicted molar refractivity (Wildman–Crippen MR) is 95.4 cm³/mol. The number of fused-ring (bicyclic) bond motifs is 1. The molecule has 7 nitrogen and oxygen atoms in total. The first-order valence-electron chi connectivity index (χ1n) is 7.91. The van der Waals surface area contributed by atoms with Gasteiger partial charge in [0.15, 0.2) is 5.65 Å². The highest BCUT2D eigenvalue weighted by molar-refractivity contribution is 6.30. The van der Waals surface area contributed by atoms with Crippen molar-refractivity contribution in [1.82, 2.24) is 24.6 Å². The monoisotopic (exact) mass is 359 g/mol. The molecule has 130 valence electrons. The van der Waals surface area contributed by atoms with Gasteiger partial charge >= 0.3 is 0 Å². The Balaban J connectivity index is 1.76. The number of hydrogen-bond acceptors (Lipinski definition) is 4. The van der Waals surface area contributed by atoms with Gasteiger partial charge in [0.1, 0.15) is 18.3 Å². The molecule has 1 amide bonds. The summed E-state index contributed by atoms with van der Waals surface area (Å²) in [5.74, 6) is -0.256. The molecule has 1 N–H and O–H groups in total. The van der Waals surface area contributed by atoms with E-state index in [2.05, 4.69) is 15.4 Å². The highest BCUT2D eigenvalue weighted by atomic mass is 35.5. The second-order valence-corrected chi connectivity index (χ2v) is 6.20. The lowest BCUT2D eigenvalue weighted by molar-refractivity contribution is -0.122. The van der Waals surface area contributed by atoms with Gasteiger partial charge in [-0.2, -0.15) is 5.10 Å². The minimum Gasteiger partial charge on any atom is -0.348 e. The number of halogens is 1. The Bertz CT molecular complexity index is 961. The van der Waals surface area contributed by atoms with E-state index in [1.54, 1.807) is 19.2 Å². The van der Waals surface area contributed by atoms with E-state index in [-0.39, 0.29) is 24.1 Å². The van der Waals surface area contributed by atoms with Crippen LogP contribution in [0.2, 0.25) is 5.02 Å². The van der Waals surface area contributed by atoms with Crippen LogP contribution in [0.4, 0.5) is 0 Å². The third kappa shape index (κ3) is 3.56. The van der Waals surface area contributed by atoms with Crippen LogP contribution in [0.15, 0.2) is 41.6 Å². The van der Waals surface area contributed by atoms with Gasteiger partial charge in [-0.05, 0) is 24.1 Å². The maximum absolute atomic E-state index is 12.4. The zero-order valence-corrected chi connectivity index (χ0v) is 14.7. The molecule has 0 saturated carbocycles. The van der Waals surface area contributed by atoms with Crippen molar-refractivity contribution >= 4 is 28.5 Å². The van der Waals surface area contributed by atoms with Crippen molar-refractivity contribution in [1.29, 1.82) is 0 Å². The maximum Gasteiger partial charge on any atom is 0.264 e. The summed E-state index contributed by atoms with van der Waals surface area (Å²) < 4.78 is 2.81. The fraction of sp³-hybridized carbons (Fsp3) is 0.294. The van der Waals surface area contributed by atoms with Crippen molar-refractivity contribution in [2.24, 2.45) is 7.05 Å². The van der Waals surface area contributed by atoms with Gasteiger partial charge in [0, 0.05) is 12.1 Å². The molecule has 1 atom stereocenters. The van der Waals surface area contributed by atoms with E-state index in [1.165, 1.54) is 21.8 Å². The Morgan fingerprint density at radius 3 is 2.72 bits per heavy atom. The molecule has 0 fully saturated rings. The minimum atomic E-state index is -0.284. The fourth-order valence-electron chi connectivity index (χ4n) is 2.69. The number of hydrogen-bond donors (Lipinski definition) is 1. The zero-order chi connectivity index (χ0) is 18.0. The molecule has 0 radical (unpaired) electrons. The van der Waals surface area contributed by atoms with Crippen molar-refractivity contribution < 1.29 is 4.79 Å². The van der Waals surface area contributed by atoms with Gasteiger partial charge in [0.25, 0.3) is 5.56 Å². The standard InChI is InChI=1S/C17H18ClN5O2/c1-3-14(11-4-6-12(18)7-5-11)21-15(24)9-23-10-19-16-13(17(23)25)8-20-22(16)2/h4-8,10,14H,3,9H2,1-2H3,(H,21,24)/t14-/m1/s1. The summed E-state index contributed by atoms with van der Waals surface area (Å²) in [4.78, 5) is 29.0. The molecule has 0 aliphatic rings. The molecule has 2 heterocycles. The summed E-state index contributed by atoms with van der Waals surface area (Å²) in [5, 5.41) is 7.99. The average molecular weight is 360 g/mol. The summed E-state index contributed by atoms with van der Waals surface area (Å²) in [7, 11) is 1.71. The molecule has 3 aromatic rings. The third-order valence-electron chi connectivity index (χ3n) is 4.05. The number of benzene rings is 1. The van der Waals surface area contributed by atoms with Crippen molar-refractivity contribution in [3.63, 3.8) is 0 Å². The molecule has 0 aliphatic heterocycles. The molecule has 0 bridgehead atoms. The van der Waals surface area contributed by atoms with Crippen LogP contribution in [0.3, 0.4) is 0 Å². The molecule has 3 rings (SSSR count). The van der Waals surface area contributed by atoms with E-state index in [1.807, 2.05) is 19.1 Å². The van der Waals surface area contributed by atoms with E-state index in [0.717, 1.165) is 12.0 Å². The topological polar surface area (TPSA) is 81.8 Å². The molecule has 25 heavy (non-hydrogen) atoms. The number of carbonyl (C=O) groups is 1. The molecule has 8 heteroatoms.